The summed E-state index contributed by atoms with van der Waals surface area (Å²) in [4.78, 5) is 11.9. The molecule has 4 nitrogen and oxygen atoms in total. The molecule has 0 atom stereocenters. The summed E-state index contributed by atoms with van der Waals surface area (Å²) in [6, 6.07) is 0. The van der Waals surface area contributed by atoms with Crippen molar-refractivity contribution in [3.05, 3.63) is 0 Å². The second-order valence-electron chi connectivity index (χ2n) is 5.90. The summed E-state index contributed by atoms with van der Waals surface area (Å²) < 4.78 is 5.46. The van der Waals surface area contributed by atoms with E-state index in [2.05, 4.69) is 5.32 Å². The van der Waals surface area contributed by atoms with E-state index in [1.54, 1.807) is 7.11 Å². The summed E-state index contributed by atoms with van der Waals surface area (Å²) in [5.74, 6) is 0.653. The lowest BCUT2D eigenvalue weighted by molar-refractivity contribution is -0.134. The van der Waals surface area contributed by atoms with Crippen molar-refractivity contribution in [2.45, 2.75) is 63.1 Å². The number of hydrogen-bond donors (Lipinski definition) is 2. The average molecular weight is 255 g/mol. The fourth-order valence-electron chi connectivity index (χ4n) is 2.99. The van der Waals surface area contributed by atoms with E-state index in [0.29, 0.717) is 12.3 Å². The topological polar surface area (TPSA) is 58.6 Å². The van der Waals surface area contributed by atoms with Gasteiger partial charge in [-0.3, -0.25) is 4.79 Å². The molecule has 0 spiro atoms. The molecule has 0 aromatic rings. The first-order valence-corrected chi connectivity index (χ1v) is 7.13. The van der Waals surface area contributed by atoms with Crippen LogP contribution in [-0.2, 0) is 9.53 Å². The van der Waals surface area contributed by atoms with E-state index >= 15 is 0 Å². The zero-order valence-corrected chi connectivity index (χ0v) is 11.3. The Labute approximate surface area is 109 Å². The summed E-state index contributed by atoms with van der Waals surface area (Å²) in [7, 11) is 1.70. The van der Waals surface area contributed by atoms with Crippen LogP contribution in [0.3, 0.4) is 0 Å². The molecule has 0 radical (unpaired) electrons. The van der Waals surface area contributed by atoms with Crippen LogP contribution < -0.4 is 5.32 Å². The molecule has 0 aliphatic heterocycles. The Morgan fingerprint density at radius 2 is 2.00 bits per heavy atom. The second kappa shape index (κ2) is 6.02. The number of methoxy groups -OCH3 is 1. The molecule has 0 aromatic carbocycles. The van der Waals surface area contributed by atoms with Crippen LogP contribution in [0.25, 0.3) is 0 Å². The zero-order chi connectivity index (χ0) is 13.0. The Morgan fingerprint density at radius 1 is 1.33 bits per heavy atom. The van der Waals surface area contributed by atoms with Crippen molar-refractivity contribution in [1.82, 2.24) is 5.32 Å². The first-order chi connectivity index (χ1) is 8.63. The Kier molecular flexibility index (Phi) is 4.62. The number of hydrogen-bond acceptors (Lipinski definition) is 3. The van der Waals surface area contributed by atoms with Crippen molar-refractivity contribution in [1.29, 1.82) is 0 Å². The number of carbonyl (C=O) groups excluding carboxylic acids is 1. The summed E-state index contributed by atoms with van der Waals surface area (Å²) in [5.41, 5.74) is -0.174. The molecule has 0 aromatic heterocycles. The van der Waals surface area contributed by atoms with Crippen LogP contribution in [0, 0.1) is 5.92 Å². The summed E-state index contributed by atoms with van der Waals surface area (Å²) in [6.07, 6.45) is 7.36. The van der Waals surface area contributed by atoms with E-state index in [0.717, 1.165) is 45.1 Å². The lowest BCUT2D eigenvalue weighted by Crippen LogP contribution is -2.44. The minimum Gasteiger partial charge on any atom is -0.393 e. The largest absolute Gasteiger partial charge is 0.393 e. The quantitative estimate of drug-likeness (QED) is 0.784. The average Bonchev–Trinajstić information content (AvgIpc) is 2.33. The molecule has 2 saturated carbocycles. The predicted octanol–water partition coefficient (Wildman–Crippen LogP) is 1.61. The molecule has 0 saturated heterocycles. The van der Waals surface area contributed by atoms with Crippen molar-refractivity contribution in [2.75, 3.05) is 13.7 Å². The number of nitrogens with one attached hydrogen (secondary N) is 1. The van der Waals surface area contributed by atoms with Gasteiger partial charge in [0.05, 0.1) is 18.1 Å². The zero-order valence-electron chi connectivity index (χ0n) is 11.3. The van der Waals surface area contributed by atoms with Gasteiger partial charge >= 0.3 is 0 Å². The third kappa shape index (κ3) is 3.45. The number of rotatable bonds is 5. The highest BCUT2D eigenvalue weighted by Gasteiger charge is 2.39. The third-order valence-electron chi connectivity index (χ3n) is 4.58. The molecule has 0 unspecified atom stereocenters. The molecule has 104 valence electrons. The number of ether oxygens (including phenoxy) is 1. The van der Waals surface area contributed by atoms with Gasteiger partial charge in [0.2, 0.25) is 5.91 Å². The Hall–Kier alpha value is -0.610. The first kappa shape index (κ1) is 13.8. The van der Waals surface area contributed by atoms with Gasteiger partial charge < -0.3 is 15.2 Å². The molecule has 1 amide bonds. The number of aliphatic hydroxyl groups excluding tert-OH is 1. The number of amides is 1. The van der Waals surface area contributed by atoms with Crippen molar-refractivity contribution >= 4 is 5.91 Å². The Morgan fingerprint density at radius 3 is 2.50 bits per heavy atom. The second-order valence-corrected chi connectivity index (χ2v) is 5.90. The van der Waals surface area contributed by atoms with Gasteiger partial charge in [-0.2, -0.15) is 0 Å². The summed E-state index contributed by atoms with van der Waals surface area (Å²) >= 11 is 0. The number of aliphatic hydroxyl groups is 1. The minimum atomic E-state index is -0.174. The van der Waals surface area contributed by atoms with Crippen LogP contribution in [0.15, 0.2) is 0 Å². The van der Waals surface area contributed by atoms with Gasteiger partial charge in [-0.15, -0.1) is 0 Å². The van der Waals surface area contributed by atoms with Gasteiger partial charge in [-0.05, 0) is 50.9 Å². The number of carbonyl (C=O) groups is 1. The predicted molar refractivity (Wildman–Crippen MR) is 69.2 cm³/mol. The third-order valence-corrected chi connectivity index (χ3v) is 4.58. The van der Waals surface area contributed by atoms with Crippen LogP contribution in [0.4, 0.5) is 0 Å². The molecule has 18 heavy (non-hydrogen) atoms. The molecule has 2 N–H and O–H groups in total. The molecule has 2 aliphatic rings. The van der Waals surface area contributed by atoms with Gasteiger partial charge in [-0.25, -0.2) is 0 Å². The molecule has 0 heterocycles. The van der Waals surface area contributed by atoms with Gasteiger partial charge in [0, 0.05) is 13.7 Å². The summed E-state index contributed by atoms with van der Waals surface area (Å²) in [5, 5.41) is 12.4. The maximum atomic E-state index is 11.9. The van der Waals surface area contributed by atoms with Crippen LogP contribution in [-0.4, -0.2) is 36.4 Å². The van der Waals surface area contributed by atoms with Gasteiger partial charge in [0.1, 0.15) is 0 Å². The highest BCUT2D eigenvalue weighted by atomic mass is 16.5. The molecular formula is C14H25NO3. The van der Waals surface area contributed by atoms with Crippen LogP contribution >= 0.6 is 0 Å². The lowest BCUT2D eigenvalue weighted by Gasteiger charge is -2.40. The lowest BCUT2D eigenvalue weighted by atomic mass is 9.77. The maximum Gasteiger partial charge on any atom is 0.222 e. The Balaban J connectivity index is 1.65. The highest BCUT2D eigenvalue weighted by Crippen LogP contribution is 2.37. The molecule has 4 heteroatoms. The smallest absolute Gasteiger partial charge is 0.222 e. The van der Waals surface area contributed by atoms with E-state index in [4.69, 9.17) is 4.74 Å². The first-order valence-electron chi connectivity index (χ1n) is 7.13. The molecule has 2 fully saturated rings. The van der Waals surface area contributed by atoms with Crippen LogP contribution in [0.1, 0.15) is 51.4 Å². The van der Waals surface area contributed by atoms with E-state index in [1.165, 1.54) is 6.42 Å². The molecule has 0 bridgehead atoms. The van der Waals surface area contributed by atoms with Crippen molar-refractivity contribution < 1.29 is 14.6 Å². The molecular weight excluding hydrogens is 230 g/mol. The van der Waals surface area contributed by atoms with Gasteiger partial charge in [0.15, 0.2) is 0 Å². The molecule has 2 aliphatic carbocycles. The van der Waals surface area contributed by atoms with Gasteiger partial charge in [-0.1, -0.05) is 0 Å². The maximum absolute atomic E-state index is 11.9. The van der Waals surface area contributed by atoms with Crippen LogP contribution in [0.2, 0.25) is 0 Å². The van der Waals surface area contributed by atoms with Crippen molar-refractivity contribution in [3.63, 3.8) is 0 Å². The monoisotopic (exact) mass is 255 g/mol. The SMILES string of the molecule is COC1(CC(=O)NCC2CCC(O)CC2)CCC1. The van der Waals surface area contributed by atoms with Crippen LogP contribution in [0.5, 0.6) is 0 Å². The van der Waals surface area contributed by atoms with E-state index in [1.807, 2.05) is 0 Å². The van der Waals surface area contributed by atoms with Gasteiger partial charge in [0.25, 0.3) is 0 Å². The van der Waals surface area contributed by atoms with E-state index < -0.39 is 0 Å². The standard InChI is InChI=1S/C14H25NO3/c1-18-14(7-2-8-14)9-13(17)15-10-11-3-5-12(16)6-4-11/h11-12,16H,2-10H2,1H3,(H,15,17). The minimum absolute atomic E-state index is 0.114. The Bertz CT molecular complexity index is 275. The van der Waals surface area contributed by atoms with Crippen molar-refractivity contribution in [3.8, 4) is 0 Å². The molecule has 2 rings (SSSR count). The highest BCUT2D eigenvalue weighted by molar-refractivity contribution is 5.77. The normalized spacial score (nSPS) is 30.6. The summed E-state index contributed by atoms with van der Waals surface area (Å²) in [6.45, 7) is 0.755. The fraction of sp³-hybridized carbons (Fsp3) is 0.929. The van der Waals surface area contributed by atoms with Crippen molar-refractivity contribution in [2.24, 2.45) is 5.92 Å². The van der Waals surface area contributed by atoms with E-state index in [9.17, 15) is 9.90 Å². The fourth-order valence-corrected chi connectivity index (χ4v) is 2.99. The van der Waals surface area contributed by atoms with E-state index in [-0.39, 0.29) is 17.6 Å².